The molecule has 0 amide bonds. The molecule has 2 heterocycles. The van der Waals surface area contributed by atoms with Gasteiger partial charge in [-0.2, -0.15) is 5.26 Å². The van der Waals surface area contributed by atoms with Crippen LogP contribution in [0.15, 0.2) is 0 Å². The highest BCUT2D eigenvalue weighted by molar-refractivity contribution is 7.11. The molecule has 2 rings (SSSR count). The van der Waals surface area contributed by atoms with E-state index in [0.29, 0.717) is 6.42 Å². The fourth-order valence-electron chi connectivity index (χ4n) is 2.61. The fourth-order valence-corrected chi connectivity index (χ4v) is 3.74. The second kappa shape index (κ2) is 6.31. The summed E-state index contributed by atoms with van der Waals surface area (Å²) >= 11 is 1.73. The highest BCUT2D eigenvalue weighted by atomic mass is 32.1. The minimum absolute atomic E-state index is 0.511. The Labute approximate surface area is 113 Å². The zero-order chi connectivity index (χ0) is 13.0. The maximum absolute atomic E-state index is 8.82. The van der Waals surface area contributed by atoms with Crippen LogP contribution in [0.25, 0.3) is 0 Å². The molecule has 0 bridgehead atoms. The molecule has 1 unspecified atom stereocenters. The molecular formula is C14H21N3S. The largest absolute Gasteiger partial charge is 0.296 e. The van der Waals surface area contributed by atoms with Crippen molar-refractivity contribution in [3.8, 4) is 6.07 Å². The predicted octanol–water partition coefficient (Wildman–Crippen LogP) is 3.00. The Kier molecular flexibility index (Phi) is 4.73. The van der Waals surface area contributed by atoms with Crippen LogP contribution in [0.2, 0.25) is 0 Å². The molecule has 1 aliphatic heterocycles. The molecule has 1 aliphatic rings. The van der Waals surface area contributed by atoms with Gasteiger partial charge in [0.1, 0.15) is 5.01 Å². The lowest BCUT2D eigenvalue weighted by molar-refractivity contribution is 0.176. The summed E-state index contributed by atoms with van der Waals surface area (Å²) in [5.74, 6) is 0.808. The molecular weight excluding hydrogens is 242 g/mol. The quantitative estimate of drug-likeness (QED) is 0.838. The molecule has 1 fully saturated rings. The van der Waals surface area contributed by atoms with Crippen LogP contribution in [-0.4, -0.2) is 23.0 Å². The van der Waals surface area contributed by atoms with E-state index in [1.807, 2.05) is 0 Å². The molecule has 1 atom stereocenters. The Balaban J connectivity index is 2.02. The lowest BCUT2D eigenvalue weighted by atomic mass is 10.0. The van der Waals surface area contributed by atoms with Crippen molar-refractivity contribution in [2.45, 2.75) is 46.1 Å². The number of nitriles is 1. The number of hydrogen-bond acceptors (Lipinski definition) is 4. The summed E-state index contributed by atoms with van der Waals surface area (Å²) < 4.78 is 0. The van der Waals surface area contributed by atoms with E-state index in [1.54, 1.807) is 11.3 Å². The molecule has 18 heavy (non-hydrogen) atoms. The molecule has 0 N–H and O–H groups in total. The number of hydrogen-bond donors (Lipinski definition) is 0. The first-order valence-corrected chi connectivity index (χ1v) is 7.61. The van der Waals surface area contributed by atoms with Crippen LogP contribution >= 0.6 is 11.3 Å². The average molecular weight is 263 g/mol. The third-order valence-electron chi connectivity index (χ3n) is 3.50. The van der Waals surface area contributed by atoms with Crippen LogP contribution in [0.5, 0.6) is 0 Å². The van der Waals surface area contributed by atoms with Gasteiger partial charge in [-0.1, -0.05) is 13.8 Å². The highest BCUT2D eigenvalue weighted by Crippen LogP contribution is 2.23. The number of aromatic nitrogens is 1. The third-order valence-corrected chi connectivity index (χ3v) is 4.58. The van der Waals surface area contributed by atoms with Gasteiger partial charge in [-0.25, -0.2) is 4.98 Å². The highest BCUT2D eigenvalue weighted by Gasteiger charge is 2.18. The topological polar surface area (TPSA) is 39.9 Å². The summed E-state index contributed by atoms with van der Waals surface area (Å²) in [6.45, 7) is 7.79. The van der Waals surface area contributed by atoms with Crippen molar-refractivity contribution in [1.29, 1.82) is 5.26 Å². The number of nitrogens with zero attached hydrogens (tertiary/aromatic N) is 3. The monoisotopic (exact) mass is 263 g/mol. The van der Waals surface area contributed by atoms with E-state index in [0.717, 1.165) is 24.6 Å². The molecule has 0 aliphatic carbocycles. The Morgan fingerprint density at radius 2 is 2.39 bits per heavy atom. The smallest absolute Gasteiger partial charge is 0.107 e. The maximum Gasteiger partial charge on any atom is 0.107 e. The van der Waals surface area contributed by atoms with Gasteiger partial charge in [-0.15, -0.1) is 11.3 Å². The Morgan fingerprint density at radius 1 is 1.56 bits per heavy atom. The second-order valence-corrected chi connectivity index (χ2v) is 6.32. The number of aryl methyl sites for hydroxylation is 1. The third kappa shape index (κ3) is 3.30. The van der Waals surface area contributed by atoms with Crippen LogP contribution in [0.1, 0.15) is 42.3 Å². The summed E-state index contributed by atoms with van der Waals surface area (Å²) in [5.41, 5.74) is 1.13. The standard InChI is InChI=1S/C14H21N3S/c1-3-12-13(6-7-15)18-14(16-12)10-17-8-4-5-11(2)9-17/h11H,3-6,8-10H2,1-2H3. The molecule has 0 aromatic carbocycles. The average Bonchev–Trinajstić information content (AvgIpc) is 2.72. The van der Waals surface area contributed by atoms with Gasteiger partial charge in [0.25, 0.3) is 0 Å². The lowest BCUT2D eigenvalue weighted by Crippen LogP contribution is -2.33. The molecule has 0 saturated carbocycles. The molecule has 0 spiro atoms. The molecule has 98 valence electrons. The van der Waals surface area contributed by atoms with Crippen LogP contribution in [-0.2, 0) is 19.4 Å². The SMILES string of the molecule is CCc1nc(CN2CCCC(C)C2)sc1CC#N. The minimum atomic E-state index is 0.511. The first-order chi connectivity index (χ1) is 8.72. The summed E-state index contributed by atoms with van der Waals surface area (Å²) in [7, 11) is 0. The van der Waals surface area contributed by atoms with Gasteiger partial charge in [-0.05, 0) is 31.7 Å². The van der Waals surface area contributed by atoms with Gasteiger partial charge in [0.2, 0.25) is 0 Å². The van der Waals surface area contributed by atoms with Crippen molar-refractivity contribution in [2.24, 2.45) is 5.92 Å². The summed E-state index contributed by atoms with van der Waals surface area (Å²) in [6.07, 6.45) is 4.10. The zero-order valence-electron chi connectivity index (χ0n) is 11.3. The number of thiazole rings is 1. The van der Waals surface area contributed by atoms with Gasteiger partial charge in [-0.3, -0.25) is 4.90 Å². The Bertz CT molecular complexity index is 433. The van der Waals surface area contributed by atoms with Gasteiger partial charge in [0.05, 0.1) is 24.7 Å². The number of likely N-dealkylation sites (tertiary alicyclic amines) is 1. The molecule has 3 nitrogen and oxygen atoms in total. The first-order valence-electron chi connectivity index (χ1n) is 6.79. The van der Waals surface area contributed by atoms with Gasteiger partial charge >= 0.3 is 0 Å². The van der Waals surface area contributed by atoms with Crippen LogP contribution in [0.4, 0.5) is 0 Å². The Hall–Kier alpha value is -0.920. The summed E-state index contributed by atoms with van der Waals surface area (Å²) in [6, 6.07) is 2.24. The molecule has 1 saturated heterocycles. The van der Waals surface area contributed by atoms with Crippen molar-refractivity contribution in [3.05, 3.63) is 15.6 Å². The number of piperidine rings is 1. The normalized spacial score (nSPS) is 20.8. The first kappa shape index (κ1) is 13.5. The molecule has 4 heteroatoms. The molecule has 1 aromatic heterocycles. The summed E-state index contributed by atoms with van der Waals surface area (Å²) in [4.78, 5) is 8.36. The number of rotatable bonds is 4. The molecule has 0 radical (unpaired) electrons. The van der Waals surface area contributed by atoms with Gasteiger partial charge in [0, 0.05) is 11.4 Å². The van der Waals surface area contributed by atoms with Crippen molar-refractivity contribution in [1.82, 2.24) is 9.88 Å². The van der Waals surface area contributed by atoms with Gasteiger partial charge < -0.3 is 0 Å². The fraction of sp³-hybridized carbons (Fsp3) is 0.714. The van der Waals surface area contributed by atoms with E-state index in [4.69, 9.17) is 10.2 Å². The second-order valence-electron chi connectivity index (χ2n) is 5.15. The predicted molar refractivity (Wildman–Crippen MR) is 74.5 cm³/mol. The van der Waals surface area contributed by atoms with Crippen LogP contribution in [0.3, 0.4) is 0 Å². The summed E-state index contributed by atoms with van der Waals surface area (Å²) in [5, 5.41) is 10.0. The lowest BCUT2D eigenvalue weighted by Gasteiger charge is -2.29. The van der Waals surface area contributed by atoms with Crippen LogP contribution in [0, 0.1) is 17.2 Å². The van der Waals surface area contributed by atoms with E-state index < -0.39 is 0 Å². The van der Waals surface area contributed by atoms with Crippen LogP contribution < -0.4 is 0 Å². The van der Waals surface area contributed by atoms with Crippen molar-refractivity contribution in [3.63, 3.8) is 0 Å². The minimum Gasteiger partial charge on any atom is -0.296 e. The zero-order valence-corrected chi connectivity index (χ0v) is 12.1. The molecule has 1 aromatic rings. The van der Waals surface area contributed by atoms with E-state index in [2.05, 4.69) is 24.8 Å². The maximum atomic E-state index is 8.82. The van der Waals surface area contributed by atoms with Crippen molar-refractivity contribution >= 4 is 11.3 Å². The van der Waals surface area contributed by atoms with E-state index in [9.17, 15) is 0 Å². The van der Waals surface area contributed by atoms with Gasteiger partial charge in [0.15, 0.2) is 0 Å². The van der Waals surface area contributed by atoms with Crippen molar-refractivity contribution in [2.75, 3.05) is 13.1 Å². The van der Waals surface area contributed by atoms with E-state index in [1.165, 1.54) is 35.8 Å². The Morgan fingerprint density at radius 3 is 3.06 bits per heavy atom. The van der Waals surface area contributed by atoms with E-state index in [-0.39, 0.29) is 0 Å². The van der Waals surface area contributed by atoms with Crippen molar-refractivity contribution < 1.29 is 0 Å². The van der Waals surface area contributed by atoms with E-state index >= 15 is 0 Å².